The molecule has 0 fully saturated rings. The van der Waals surface area contributed by atoms with E-state index in [0.29, 0.717) is 23.4 Å². The topological polar surface area (TPSA) is 93.6 Å². The van der Waals surface area contributed by atoms with Crippen molar-refractivity contribution in [3.63, 3.8) is 0 Å². The number of furan rings is 1. The number of hydrogen-bond donors (Lipinski definition) is 2. The standard InChI is InChI=1S/C27H24N2O5/c1-32-25-13-20-19-9-3-5-11-23(19)34-24(20)14-22(25)29-26(30)16-33-27(31)12-6-7-17-15-28-21-10-4-2-8-18(17)21/h2-5,8-11,13-15,28H,6-7,12,16H2,1H3,(H,29,30). The number of rotatable bonds is 8. The molecule has 0 aliphatic rings. The highest BCUT2D eigenvalue weighted by molar-refractivity contribution is 6.07. The van der Waals surface area contributed by atoms with Crippen LogP contribution in [-0.4, -0.2) is 30.6 Å². The van der Waals surface area contributed by atoms with E-state index in [4.69, 9.17) is 13.9 Å². The Morgan fingerprint density at radius 3 is 2.62 bits per heavy atom. The molecule has 2 aromatic heterocycles. The Morgan fingerprint density at radius 1 is 0.971 bits per heavy atom. The van der Waals surface area contributed by atoms with Gasteiger partial charge in [-0.15, -0.1) is 0 Å². The van der Waals surface area contributed by atoms with Gasteiger partial charge in [0.25, 0.3) is 5.91 Å². The Morgan fingerprint density at radius 2 is 1.76 bits per heavy atom. The van der Waals surface area contributed by atoms with Crippen molar-refractivity contribution >= 4 is 50.4 Å². The molecule has 7 heteroatoms. The monoisotopic (exact) mass is 456 g/mol. The number of carbonyl (C=O) groups excluding carboxylic acids is 2. The summed E-state index contributed by atoms with van der Waals surface area (Å²) in [6, 6.07) is 19.3. The molecule has 0 saturated heterocycles. The predicted octanol–water partition coefficient (Wildman–Crippen LogP) is 5.58. The number of nitrogens with one attached hydrogen (secondary N) is 2. The van der Waals surface area contributed by atoms with Gasteiger partial charge in [0.1, 0.15) is 16.9 Å². The van der Waals surface area contributed by atoms with E-state index in [0.717, 1.165) is 39.2 Å². The molecule has 34 heavy (non-hydrogen) atoms. The van der Waals surface area contributed by atoms with E-state index in [1.54, 1.807) is 6.07 Å². The summed E-state index contributed by atoms with van der Waals surface area (Å²) in [5.41, 5.74) is 4.08. The van der Waals surface area contributed by atoms with E-state index in [2.05, 4.69) is 16.4 Å². The highest BCUT2D eigenvalue weighted by atomic mass is 16.5. The Kier molecular flexibility index (Phi) is 5.91. The zero-order chi connectivity index (χ0) is 23.5. The number of aromatic amines is 1. The minimum atomic E-state index is -0.446. The molecule has 0 radical (unpaired) electrons. The summed E-state index contributed by atoms with van der Waals surface area (Å²) in [5.74, 6) is -0.356. The van der Waals surface area contributed by atoms with Gasteiger partial charge in [0.15, 0.2) is 6.61 Å². The van der Waals surface area contributed by atoms with E-state index in [9.17, 15) is 9.59 Å². The van der Waals surface area contributed by atoms with Gasteiger partial charge in [-0.2, -0.15) is 0 Å². The number of methoxy groups -OCH3 is 1. The lowest BCUT2D eigenvalue weighted by Gasteiger charge is -2.10. The summed E-state index contributed by atoms with van der Waals surface area (Å²) in [7, 11) is 1.53. The normalized spacial score (nSPS) is 11.2. The van der Waals surface area contributed by atoms with Crippen molar-refractivity contribution < 1.29 is 23.5 Å². The minimum absolute atomic E-state index is 0.237. The first-order valence-corrected chi connectivity index (χ1v) is 11.1. The fourth-order valence-corrected chi connectivity index (χ4v) is 4.18. The van der Waals surface area contributed by atoms with Gasteiger partial charge >= 0.3 is 5.97 Å². The molecule has 172 valence electrons. The van der Waals surface area contributed by atoms with Gasteiger partial charge in [0, 0.05) is 40.4 Å². The summed E-state index contributed by atoms with van der Waals surface area (Å²) in [6.07, 6.45) is 3.59. The predicted molar refractivity (Wildman–Crippen MR) is 131 cm³/mol. The zero-order valence-corrected chi connectivity index (χ0v) is 18.7. The third kappa shape index (κ3) is 4.32. The molecule has 0 aliphatic carbocycles. The summed E-state index contributed by atoms with van der Waals surface area (Å²) in [4.78, 5) is 27.8. The van der Waals surface area contributed by atoms with Crippen LogP contribution in [0.3, 0.4) is 0 Å². The summed E-state index contributed by atoms with van der Waals surface area (Å²) < 4.78 is 16.5. The quantitative estimate of drug-likeness (QED) is 0.297. The molecule has 0 spiro atoms. The maximum absolute atomic E-state index is 12.4. The van der Waals surface area contributed by atoms with Gasteiger partial charge in [0.05, 0.1) is 12.8 Å². The number of anilines is 1. The maximum atomic E-state index is 12.4. The van der Waals surface area contributed by atoms with Crippen molar-refractivity contribution in [1.29, 1.82) is 0 Å². The highest BCUT2D eigenvalue weighted by Gasteiger charge is 2.15. The number of hydrogen-bond acceptors (Lipinski definition) is 5. The van der Waals surface area contributed by atoms with Crippen LogP contribution in [0.5, 0.6) is 5.75 Å². The van der Waals surface area contributed by atoms with Crippen molar-refractivity contribution in [2.75, 3.05) is 19.0 Å². The number of fused-ring (bicyclic) bond motifs is 4. The van der Waals surface area contributed by atoms with Crippen LogP contribution in [0.1, 0.15) is 18.4 Å². The Balaban J connectivity index is 1.16. The van der Waals surface area contributed by atoms with Gasteiger partial charge in [-0.1, -0.05) is 36.4 Å². The summed E-state index contributed by atoms with van der Waals surface area (Å²) in [6.45, 7) is -0.368. The van der Waals surface area contributed by atoms with E-state index in [-0.39, 0.29) is 13.0 Å². The van der Waals surface area contributed by atoms with Gasteiger partial charge in [-0.25, -0.2) is 0 Å². The fraction of sp³-hybridized carbons (Fsp3) is 0.185. The molecule has 2 heterocycles. The minimum Gasteiger partial charge on any atom is -0.495 e. The first-order valence-electron chi connectivity index (χ1n) is 11.1. The third-order valence-electron chi connectivity index (χ3n) is 5.84. The first-order chi connectivity index (χ1) is 16.6. The molecule has 0 atom stereocenters. The molecule has 0 unspecified atom stereocenters. The Bertz CT molecular complexity index is 1500. The van der Waals surface area contributed by atoms with Crippen LogP contribution in [0.4, 0.5) is 5.69 Å². The molecule has 7 nitrogen and oxygen atoms in total. The molecule has 3 aromatic carbocycles. The van der Waals surface area contributed by atoms with Gasteiger partial charge in [-0.05, 0) is 36.6 Å². The van der Waals surface area contributed by atoms with Crippen molar-refractivity contribution in [3.8, 4) is 5.75 Å². The second-order valence-electron chi connectivity index (χ2n) is 8.07. The second-order valence-corrected chi connectivity index (χ2v) is 8.07. The van der Waals surface area contributed by atoms with E-state index in [1.165, 1.54) is 7.11 Å². The van der Waals surface area contributed by atoms with E-state index < -0.39 is 11.9 Å². The van der Waals surface area contributed by atoms with Crippen molar-refractivity contribution in [1.82, 2.24) is 4.98 Å². The fourth-order valence-electron chi connectivity index (χ4n) is 4.18. The number of amides is 1. The van der Waals surface area contributed by atoms with Gasteiger partial charge < -0.3 is 24.2 Å². The number of aryl methyl sites for hydroxylation is 1. The number of carbonyl (C=O) groups is 2. The Hall–Kier alpha value is -4.26. The van der Waals surface area contributed by atoms with Crippen LogP contribution in [0.2, 0.25) is 0 Å². The Labute approximate surface area is 195 Å². The average Bonchev–Trinajstić information content (AvgIpc) is 3.43. The van der Waals surface area contributed by atoms with Crippen molar-refractivity contribution in [3.05, 3.63) is 72.4 Å². The van der Waals surface area contributed by atoms with Crippen LogP contribution < -0.4 is 10.1 Å². The number of ether oxygens (including phenoxy) is 2. The second kappa shape index (κ2) is 9.31. The molecular weight excluding hydrogens is 432 g/mol. The number of H-pyrrole nitrogens is 1. The molecule has 5 rings (SSSR count). The van der Waals surface area contributed by atoms with Crippen LogP contribution >= 0.6 is 0 Å². The summed E-state index contributed by atoms with van der Waals surface area (Å²) >= 11 is 0. The molecule has 0 saturated carbocycles. The molecule has 0 bridgehead atoms. The molecule has 2 N–H and O–H groups in total. The molecule has 1 amide bonds. The number of benzene rings is 3. The number of para-hydroxylation sites is 2. The highest BCUT2D eigenvalue weighted by Crippen LogP contribution is 2.36. The van der Waals surface area contributed by atoms with Crippen LogP contribution in [0.15, 0.2) is 71.3 Å². The summed E-state index contributed by atoms with van der Waals surface area (Å²) in [5, 5.41) is 5.77. The lowest BCUT2D eigenvalue weighted by atomic mass is 10.1. The smallest absolute Gasteiger partial charge is 0.306 e. The third-order valence-corrected chi connectivity index (χ3v) is 5.84. The first kappa shape index (κ1) is 21.6. The number of esters is 1. The molecule has 5 aromatic rings. The van der Waals surface area contributed by atoms with Crippen LogP contribution in [-0.2, 0) is 20.7 Å². The SMILES string of the molecule is COc1cc2c(cc1NC(=O)COC(=O)CCCc1c[nH]c3ccccc13)oc1ccccc12. The zero-order valence-electron chi connectivity index (χ0n) is 18.7. The van der Waals surface area contributed by atoms with Gasteiger partial charge in [-0.3, -0.25) is 9.59 Å². The lowest BCUT2D eigenvalue weighted by molar-refractivity contribution is -0.147. The van der Waals surface area contributed by atoms with Crippen molar-refractivity contribution in [2.24, 2.45) is 0 Å². The van der Waals surface area contributed by atoms with Crippen LogP contribution in [0, 0.1) is 0 Å². The largest absolute Gasteiger partial charge is 0.495 e. The lowest BCUT2D eigenvalue weighted by Crippen LogP contribution is -2.21. The van der Waals surface area contributed by atoms with Crippen molar-refractivity contribution in [2.45, 2.75) is 19.3 Å². The molecule has 0 aliphatic heterocycles. The van der Waals surface area contributed by atoms with E-state index >= 15 is 0 Å². The average molecular weight is 456 g/mol. The number of aromatic nitrogens is 1. The van der Waals surface area contributed by atoms with Crippen LogP contribution in [0.25, 0.3) is 32.8 Å². The maximum Gasteiger partial charge on any atom is 0.306 e. The molecular formula is C27H24N2O5. The van der Waals surface area contributed by atoms with Gasteiger partial charge in [0.2, 0.25) is 0 Å². The van der Waals surface area contributed by atoms with E-state index in [1.807, 2.05) is 54.7 Å².